The number of amidine groups is 1. The van der Waals surface area contributed by atoms with E-state index >= 15 is 0 Å². The predicted octanol–water partition coefficient (Wildman–Crippen LogP) is 4.28. The van der Waals surface area contributed by atoms with Crippen LogP contribution in [-0.4, -0.2) is 12.1 Å². The number of aliphatic imine (C=N–C) groups is 1. The summed E-state index contributed by atoms with van der Waals surface area (Å²) in [6.45, 7) is 0. The predicted molar refractivity (Wildman–Crippen MR) is 84.8 cm³/mol. The maximum Gasteiger partial charge on any atom is 0.151 e. The molecule has 2 nitrogen and oxygen atoms in total. The maximum atomic E-state index is 8.06. The van der Waals surface area contributed by atoms with Crippen molar-refractivity contribution in [2.45, 2.75) is 0 Å². The molecule has 0 fully saturated rings. The average Bonchev–Trinajstić information content (AvgIpc) is 2.53. The second-order valence-corrected chi connectivity index (χ2v) is 4.58. The van der Waals surface area contributed by atoms with Gasteiger partial charge < -0.3 is 0 Å². The van der Waals surface area contributed by atoms with E-state index < -0.39 is 0 Å². The van der Waals surface area contributed by atoms with Gasteiger partial charge in [-0.3, -0.25) is 5.41 Å². The van der Waals surface area contributed by atoms with Crippen LogP contribution in [0, 0.1) is 5.41 Å². The molecular formula is C18H14N2. The number of hydrogen-bond donors (Lipinski definition) is 1. The molecule has 3 rings (SSSR count). The molecule has 0 aliphatic carbocycles. The SMILES string of the molecule is N=C(N=Cc1ccccc1)c1ccc2ccccc2c1. The average molecular weight is 258 g/mol. The van der Waals surface area contributed by atoms with E-state index in [1.54, 1.807) is 6.21 Å². The summed E-state index contributed by atoms with van der Waals surface area (Å²) in [6, 6.07) is 23.9. The molecule has 0 aliphatic rings. The number of hydrogen-bond acceptors (Lipinski definition) is 1. The molecule has 0 heterocycles. The van der Waals surface area contributed by atoms with E-state index in [0.717, 1.165) is 16.5 Å². The zero-order valence-electron chi connectivity index (χ0n) is 11.0. The van der Waals surface area contributed by atoms with Crippen molar-refractivity contribution in [3.05, 3.63) is 83.9 Å². The summed E-state index contributed by atoms with van der Waals surface area (Å²) in [7, 11) is 0. The van der Waals surface area contributed by atoms with Gasteiger partial charge in [-0.1, -0.05) is 66.7 Å². The van der Waals surface area contributed by atoms with E-state index in [1.165, 1.54) is 5.39 Å². The Labute approximate surface area is 117 Å². The largest absolute Gasteiger partial charge is 0.282 e. The van der Waals surface area contributed by atoms with Gasteiger partial charge >= 0.3 is 0 Å². The number of benzene rings is 3. The number of nitrogens with one attached hydrogen (secondary N) is 1. The summed E-state index contributed by atoms with van der Waals surface area (Å²) in [6.07, 6.45) is 1.72. The Kier molecular flexibility index (Phi) is 3.38. The molecule has 0 unspecified atom stereocenters. The Morgan fingerprint density at radius 3 is 2.30 bits per heavy atom. The smallest absolute Gasteiger partial charge is 0.151 e. The first kappa shape index (κ1) is 12.3. The van der Waals surface area contributed by atoms with Gasteiger partial charge in [-0.25, -0.2) is 4.99 Å². The highest BCUT2D eigenvalue weighted by atomic mass is 14.8. The van der Waals surface area contributed by atoms with E-state index in [-0.39, 0.29) is 5.84 Å². The first-order valence-corrected chi connectivity index (χ1v) is 6.50. The van der Waals surface area contributed by atoms with Crippen LogP contribution in [0.3, 0.4) is 0 Å². The first-order valence-electron chi connectivity index (χ1n) is 6.50. The monoisotopic (exact) mass is 258 g/mol. The van der Waals surface area contributed by atoms with Gasteiger partial charge in [-0.15, -0.1) is 0 Å². The summed E-state index contributed by atoms with van der Waals surface area (Å²) < 4.78 is 0. The molecule has 0 atom stereocenters. The van der Waals surface area contributed by atoms with Crippen molar-refractivity contribution in [2.24, 2.45) is 4.99 Å². The van der Waals surface area contributed by atoms with E-state index in [4.69, 9.17) is 5.41 Å². The van der Waals surface area contributed by atoms with Gasteiger partial charge in [0.2, 0.25) is 0 Å². The maximum absolute atomic E-state index is 8.06. The van der Waals surface area contributed by atoms with Gasteiger partial charge in [0.15, 0.2) is 5.84 Å². The normalized spacial score (nSPS) is 11.0. The zero-order valence-corrected chi connectivity index (χ0v) is 11.0. The standard InChI is InChI=1S/C18H14N2/c19-18(20-13-14-6-2-1-3-7-14)17-11-10-15-8-4-5-9-16(15)12-17/h1-13,19H. The summed E-state index contributed by atoms with van der Waals surface area (Å²) in [5.74, 6) is 0.277. The molecule has 20 heavy (non-hydrogen) atoms. The van der Waals surface area contributed by atoms with Crippen molar-refractivity contribution in [2.75, 3.05) is 0 Å². The summed E-state index contributed by atoms with van der Waals surface area (Å²) >= 11 is 0. The Morgan fingerprint density at radius 1 is 0.800 bits per heavy atom. The molecule has 0 aliphatic heterocycles. The first-order chi connectivity index (χ1) is 9.83. The van der Waals surface area contributed by atoms with Crippen LogP contribution in [0.1, 0.15) is 11.1 Å². The Bertz CT molecular complexity index is 774. The minimum atomic E-state index is 0.277. The molecule has 96 valence electrons. The molecule has 0 bridgehead atoms. The van der Waals surface area contributed by atoms with Gasteiger partial charge in [0.05, 0.1) is 0 Å². The van der Waals surface area contributed by atoms with Gasteiger partial charge in [0.25, 0.3) is 0 Å². The van der Waals surface area contributed by atoms with Crippen LogP contribution in [-0.2, 0) is 0 Å². The third kappa shape index (κ3) is 2.64. The van der Waals surface area contributed by atoms with Crippen molar-refractivity contribution in [1.82, 2.24) is 0 Å². The lowest BCUT2D eigenvalue weighted by Crippen LogP contribution is -1.96. The van der Waals surface area contributed by atoms with Crippen molar-refractivity contribution in [3.8, 4) is 0 Å². The number of rotatable bonds is 2. The zero-order chi connectivity index (χ0) is 13.8. The Balaban J connectivity index is 1.87. The molecule has 0 aromatic heterocycles. The van der Waals surface area contributed by atoms with E-state index in [2.05, 4.69) is 11.1 Å². The van der Waals surface area contributed by atoms with Crippen LogP contribution in [0.2, 0.25) is 0 Å². The fraction of sp³-hybridized carbons (Fsp3) is 0. The second kappa shape index (κ2) is 5.49. The molecule has 3 aromatic rings. The van der Waals surface area contributed by atoms with E-state index in [1.807, 2.05) is 66.7 Å². The van der Waals surface area contributed by atoms with Crippen LogP contribution in [0.5, 0.6) is 0 Å². The van der Waals surface area contributed by atoms with Crippen LogP contribution in [0.25, 0.3) is 10.8 Å². The molecular weight excluding hydrogens is 244 g/mol. The lowest BCUT2D eigenvalue weighted by Gasteiger charge is -2.01. The van der Waals surface area contributed by atoms with Crippen LogP contribution in [0.15, 0.2) is 77.8 Å². The van der Waals surface area contributed by atoms with Gasteiger partial charge in [0, 0.05) is 11.8 Å². The summed E-state index contributed by atoms with van der Waals surface area (Å²) in [5.41, 5.74) is 1.83. The van der Waals surface area contributed by atoms with Crippen LogP contribution in [0.4, 0.5) is 0 Å². The molecule has 1 N–H and O–H groups in total. The Hall–Kier alpha value is -2.74. The second-order valence-electron chi connectivity index (χ2n) is 4.58. The topological polar surface area (TPSA) is 36.2 Å². The molecule has 0 spiro atoms. The number of fused-ring (bicyclic) bond motifs is 1. The van der Waals surface area contributed by atoms with Crippen molar-refractivity contribution >= 4 is 22.8 Å². The van der Waals surface area contributed by atoms with Crippen LogP contribution < -0.4 is 0 Å². The molecule has 0 amide bonds. The highest BCUT2D eigenvalue weighted by Gasteiger charge is 2.00. The number of nitrogens with zero attached hydrogens (tertiary/aromatic N) is 1. The van der Waals surface area contributed by atoms with E-state index in [9.17, 15) is 0 Å². The molecule has 2 heteroatoms. The van der Waals surface area contributed by atoms with Gasteiger partial charge in [0.1, 0.15) is 0 Å². The van der Waals surface area contributed by atoms with E-state index in [0.29, 0.717) is 0 Å². The van der Waals surface area contributed by atoms with Crippen LogP contribution >= 0.6 is 0 Å². The molecule has 3 aromatic carbocycles. The van der Waals surface area contributed by atoms with Crippen molar-refractivity contribution in [1.29, 1.82) is 5.41 Å². The summed E-state index contributed by atoms with van der Waals surface area (Å²) in [4.78, 5) is 4.23. The lowest BCUT2D eigenvalue weighted by molar-refractivity contribution is 1.43. The van der Waals surface area contributed by atoms with Crippen molar-refractivity contribution < 1.29 is 0 Å². The molecule has 0 radical (unpaired) electrons. The molecule has 0 saturated heterocycles. The third-order valence-electron chi connectivity index (χ3n) is 3.17. The lowest BCUT2D eigenvalue weighted by atomic mass is 10.1. The van der Waals surface area contributed by atoms with Crippen molar-refractivity contribution in [3.63, 3.8) is 0 Å². The Morgan fingerprint density at radius 2 is 1.50 bits per heavy atom. The third-order valence-corrected chi connectivity index (χ3v) is 3.17. The minimum Gasteiger partial charge on any atom is -0.282 e. The van der Waals surface area contributed by atoms with Gasteiger partial charge in [-0.2, -0.15) is 0 Å². The highest BCUT2D eigenvalue weighted by Crippen LogP contribution is 2.16. The highest BCUT2D eigenvalue weighted by molar-refractivity contribution is 6.05. The quantitative estimate of drug-likeness (QED) is 0.526. The fourth-order valence-corrected chi connectivity index (χ4v) is 2.09. The molecule has 0 saturated carbocycles. The summed E-state index contributed by atoms with van der Waals surface area (Å²) in [5, 5.41) is 10.4. The van der Waals surface area contributed by atoms with Gasteiger partial charge in [-0.05, 0) is 22.4 Å². The minimum absolute atomic E-state index is 0.277. The fourth-order valence-electron chi connectivity index (χ4n) is 2.09.